The van der Waals surface area contributed by atoms with Crippen LogP contribution in [0.5, 0.6) is 0 Å². The number of aromatic nitrogens is 1. The van der Waals surface area contributed by atoms with Gasteiger partial charge in [-0.05, 0) is 119 Å². The van der Waals surface area contributed by atoms with E-state index < -0.39 is 53.6 Å². The first-order chi connectivity index (χ1) is 29.5. The number of carbonyl (C=O) groups excluding carboxylic acids is 4. The summed E-state index contributed by atoms with van der Waals surface area (Å²) < 4.78 is 39.4. The topological polar surface area (TPSA) is 129 Å². The highest BCUT2D eigenvalue weighted by Crippen LogP contribution is 2.61. The van der Waals surface area contributed by atoms with E-state index in [-0.39, 0.29) is 26.1 Å². The molecule has 4 bridgehead atoms. The molecule has 9 aromatic rings. The van der Waals surface area contributed by atoms with E-state index >= 15 is 0 Å². The smallest absolute Gasteiger partial charge is 0.303 e. The SMILES string of the molecule is CC(=O)OC[C@@H]1OC2(OCCn3c4c5cc6c7c8c(cc9ccc%10cc%11c%12c%13c(cc(c3c%13c(c3c8c9c%10c%123)c74)CC5)C%11)C6)CCC1(OC(C)=O)C(OC(C)=O)[C@H]2OC(C)=O. The van der Waals surface area contributed by atoms with Gasteiger partial charge in [-0.3, -0.25) is 19.2 Å². The zero-order valence-corrected chi connectivity index (χ0v) is 34.1. The maximum Gasteiger partial charge on any atom is 0.303 e. The van der Waals surface area contributed by atoms with E-state index in [0.717, 1.165) is 25.7 Å². The second-order valence-electron chi connectivity index (χ2n) is 18.4. The Morgan fingerprint density at radius 2 is 1.13 bits per heavy atom. The van der Waals surface area contributed by atoms with Crippen LogP contribution in [-0.2, 0) is 79.8 Å². The molecule has 11 nitrogen and oxygen atoms in total. The number of pyridine rings is 1. The van der Waals surface area contributed by atoms with E-state index in [0.29, 0.717) is 6.54 Å². The first-order valence-corrected chi connectivity index (χ1v) is 21.4. The van der Waals surface area contributed by atoms with Gasteiger partial charge in [-0.2, -0.15) is 0 Å². The van der Waals surface area contributed by atoms with Crippen LogP contribution in [0.25, 0.3) is 86.4 Å². The third kappa shape index (κ3) is 4.00. The third-order valence-corrected chi connectivity index (χ3v) is 15.2. The maximum atomic E-state index is 12.8. The van der Waals surface area contributed by atoms with Gasteiger partial charge in [0.15, 0.2) is 17.8 Å². The number of carbonyl (C=O) groups is 4. The fourth-order valence-corrected chi connectivity index (χ4v) is 13.5. The van der Waals surface area contributed by atoms with Gasteiger partial charge < -0.3 is 33.0 Å². The summed E-state index contributed by atoms with van der Waals surface area (Å²) in [6.45, 7) is 5.30. The summed E-state index contributed by atoms with van der Waals surface area (Å²) in [5.74, 6) is -4.16. The Labute approximate surface area is 347 Å². The summed E-state index contributed by atoms with van der Waals surface area (Å²) in [6.07, 6.45) is 0.258. The predicted molar refractivity (Wildman–Crippen MR) is 227 cm³/mol. The van der Waals surface area contributed by atoms with Gasteiger partial charge in [0.05, 0.1) is 17.6 Å². The van der Waals surface area contributed by atoms with Crippen LogP contribution in [0.2, 0.25) is 0 Å². The number of nitrogens with zero attached hydrogens (tertiary/aromatic N) is 1. The van der Waals surface area contributed by atoms with Gasteiger partial charge in [-0.25, -0.2) is 0 Å². The third-order valence-electron chi connectivity index (χ3n) is 15.2. The molecule has 0 amide bonds. The standard InChI is InChI=1S/C50H39NO10/c1-20(52)56-19-32-49(60-23(4)55)9-10-50(61-32,48(59-22(3)54)47(49)58-21(2)53)57-12-11-51-45-26-7-8-27-16-31-18-29-14-25-6-5-24-13-28-17-30(15-26)37-35(28)39-33(24)34(25)40-36(29)38(31)44(46(27)51)42(41(39)40)43(37)45/h5-6,13-16,32,47-48H,7-12,17-19H2,1-4H3/t32-,47?,48+,49?,50?/m0/s1. The summed E-state index contributed by atoms with van der Waals surface area (Å²) in [5.41, 5.74) is 9.14. The van der Waals surface area contributed by atoms with Gasteiger partial charge >= 0.3 is 23.9 Å². The number of rotatable bonds is 9. The summed E-state index contributed by atoms with van der Waals surface area (Å²) >= 11 is 0. The molecule has 8 aromatic carbocycles. The molecule has 304 valence electrons. The molecule has 0 radical (unpaired) electrons. The lowest BCUT2D eigenvalue weighted by atomic mass is 9.69. The van der Waals surface area contributed by atoms with Gasteiger partial charge in [-0.1, -0.05) is 36.4 Å². The van der Waals surface area contributed by atoms with Gasteiger partial charge in [0.2, 0.25) is 5.79 Å². The van der Waals surface area contributed by atoms with Crippen molar-refractivity contribution in [2.75, 3.05) is 13.2 Å². The molecule has 0 N–H and O–H groups in total. The number of ether oxygens (including phenoxy) is 6. The number of hydrogen-bond donors (Lipinski definition) is 0. The summed E-state index contributed by atoms with van der Waals surface area (Å²) in [7, 11) is 0. The predicted octanol–water partition coefficient (Wildman–Crippen LogP) is 8.01. The summed E-state index contributed by atoms with van der Waals surface area (Å²) in [6, 6.07) is 14.5. The molecule has 4 heterocycles. The van der Waals surface area contributed by atoms with Crippen molar-refractivity contribution in [2.24, 2.45) is 0 Å². The minimum atomic E-state index is -1.63. The van der Waals surface area contributed by atoms with Crippen LogP contribution in [-0.4, -0.2) is 71.4 Å². The van der Waals surface area contributed by atoms with Crippen molar-refractivity contribution in [1.29, 1.82) is 0 Å². The van der Waals surface area contributed by atoms with Gasteiger partial charge in [-0.15, -0.1) is 0 Å². The van der Waals surface area contributed by atoms with Crippen LogP contribution in [0.4, 0.5) is 0 Å². The molecule has 5 atom stereocenters. The normalized spacial score (nSPS) is 24.8. The second-order valence-corrected chi connectivity index (χ2v) is 18.4. The van der Waals surface area contributed by atoms with Crippen molar-refractivity contribution in [3.05, 3.63) is 69.8 Å². The zero-order chi connectivity index (χ0) is 41.2. The van der Waals surface area contributed by atoms with Crippen molar-refractivity contribution >= 4 is 110 Å². The average molecular weight is 814 g/mol. The summed E-state index contributed by atoms with van der Waals surface area (Å²) in [5, 5.41) is 19.4. The van der Waals surface area contributed by atoms with Crippen molar-refractivity contribution in [3.63, 3.8) is 0 Å². The molecule has 3 aliphatic carbocycles. The van der Waals surface area contributed by atoms with Crippen molar-refractivity contribution < 1.29 is 47.6 Å². The molecule has 3 fully saturated rings. The number of aryl methyl sites for hydroxylation is 2. The monoisotopic (exact) mass is 813 g/mol. The fraction of sp³-hybridized carbons (Fsp3) is 0.360. The molecule has 61 heavy (non-hydrogen) atoms. The molecular formula is C50H39NO10. The second kappa shape index (κ2) is 11.1. The van der Waals surface area contributed by atoms with Crippen molar-refractivity contribution in [3.8, 4) is 0 Å². The quantitative estimate of drug-likeness (QED) is 0.0612. The lowest BCUT2D eigenvalue weighted by molar-refractivity contribution is -0.416. The Morgan fingerprint density at radius 1 is 0.607 bits per heavy atom. The summed E-state index contributed by atoms with van der Waals surface area (Å²) in [4.78, 5) is 50.4. The molecule has 0 spiro atoms. The van der Waals surface area contributed by atoms with Crippen LogP contribution >= 0.6 is 0 Å². The van der Waals surface area contributed by atoms with Gasteiger partial charge in [0.25, 0.3) is 0 Å². The Kier molecular flexibility index (Phi) is 6.28. The molecule has 1 aromatic heterocycles. The molecule has 11 heteroatoms. The lowest BCUT2D eigenvalue weighted by Gasteiger charge is -2.60. The minimum absolute atomic E-state index is 0.138. The van der Waals surface area contributed by atoms with Gasteiger partial charge in [0.1, 0.15) is 12.7 Å². The van der Waals surface area contributed by atoms with Crippen LogP contribution in [0.3, 0.4) is 0 Å². The minimum Gasteiger partial charge on any atom is -0.463 e. The molecule has 15 rings (SSSR count). The van der Waals surface area contributed by atoms with Crippen LogP contribution in [0, 0.1) is 0 Å². The maximum absolute atomic E-state index is 12.8. The van der Waals surface area contributed by atoms with E-state index in [4.69, 9.17) is 28.4 Å². The average Bonchev–Trinajstić information content (AvgIpc) is 3.86. The Bertz CT molecular complexity index is 3360. The van der Waals surface area contributed by atoms with E-state index in [9.17, 15) is 19.2 Å². The molecule has 6 aliphatic rings. The van der Waals surface area contributed by atoms with Crippen LogP contribution < -0.4 is 0 Å². The first-order valence-electron chi connectivity index (χ1n) is 21.4. The van der Waals surface area contributed by atoms with E-state index in [2.05, 4.69) is 41.0 Å². The van der Waals surface area contributed by atoms with E-state index in [1.165, 1.54) is 148 Å². The van der Waals surface area contributed by atoms with Crippen molar-refractivity contribution in [1.82, 2.24) is 4.57 Å². The van der Waals surface area contributed by atoms with Crippen molar-refractivity contribution in [2.45, 2.75) is 102 Å². The number of esters is 4. The van der Waals surface area contributed by atoms with E-state index in [1.54, 1.807) is 0 Å². The van der Waals surface area contributed by atoms with E-state index in [1.807, 2.05) is 0 Å². The molecule has 3 unspecified atom stereocenters. The fourth-order valence-electron chi connectivity index (χ4n) is 13.5. The Morgan fingerprint density at radius 3 is 1.69 bits per heavy atom. The number of benzene rings is 7. The highest BCUT2D eigenvalue weighted by molar-refractivity contribution is 6.55. The molecule has 1 saturated carbocycles. The number of hydrogen-bond acceptors (Lipinski definition) is 10. The van der Waals surface area contributed by atoms with Crippen LogP contribution in [0.1, 0.15) is 73.9 Å². The highest BCUT2D eigenvalue weighted by Gasteiger charge is 2.72. The largest absolute Gasteiger partial charge is 0.463 e. The van der Waals surface area contributed by atoms with Crippen LogP contribution in [0.15, 0.2) is 36.4 Å². The number of fused-ring (bicyclic) bond motifs is 3. The molecular weight excluding hydrogens is 775 g/mol. The zero-order valence-electron chi connectivity index (χ0n) is 34.1. The Balaban J connectivity index is 0.984. The Hall–Kier alpha value is -6.04. The highest BCUT2D eigenvalue weighted by atomic mass is 16.8. The van der Waals surface area contributed by atoms with Gasteiger partial charge in [0, 0.05) is 62.2 Å². The lowest BCUT2D eigenvalue weighted by Crippen LogP contribution is -2.78. The molecule has 2 saturated heterocycles. The first kappa shape index (κ1) is 34.6. The molecule has 3 aliphatic heterocycles.